The van der Waals surface area contributed by atoms with Crippen LogP contribution < -0.4 is 0 Å². The quantitative estimate of drug-likeness (QED) is 0.728. The second-order valence-corrected chi connectivity index (χ2v) is 6.00. The molecule has 0 bridgehead atoms. The maximum atomic E-state index is 12.1. The summed E-state index contributed by atoms with van der Waals surface area (Å²) in [6.45, 7) is 8.99. The summed E-state index contributed by atoms with van der Waals surface area (Å²) in [6.07, 6.45) is 2.30. The van der Waals surface area contributed by atoms with Gasteiger partial charge in [-0.05, 0) is 39.5 Å². The number of likely N-dealkylation sites (tertiary alicyclic amines) is 1. The van der Waals surface area contributed by atoms with Crippen LogP contribution in [-0.4, -0.2) is 47.2 Å². The van der Waals surface area contributed by atoms with Gasteiger partial charge in [0.05, 0.1) is 12.0 Å². The second-order valence-electron chi connectivity index (χ2n) is 6.00. The van der Waals surface area contributed by atoms with Gasteiger partial charge in [-0.25, -0.2) is 0 Å². The predicted octanol–water partition coefficient (Wildman–Crippen LogP) is 2.15. The average molecular weight is 285 g/mol. The van der Waals surface area contributed by atoms with Crippen LogP contribution in [0.5, 0.6) is 0 Å². The molecule has 20 heavy (non-hydrogen) atoms. The van der Waals surface area contributed by atoms with E-state index in [2.05, 4.69) is 0 Å². The number of aliphatic carboxylic acids is 1. The number of hydrogen-bond donors (Lipinski definition) is 1. The summed E-state index contributed by atoms with van der Waals surface area (Å²) in [4.78, 5) is 25.1. The van der Waals surface area contributed by atoms with E-state index in [1.807, 2.05) is 27.7 Å². The largest absolute Gasteiger partial charge is 0.481 e. The summed E-state index contributed by atoms with van der Waals surface area (Å²) in [7, 11) is 0. The molecule has 0 aromatic heterocycles. The summed E-state index contributed by atoms with van der Waals surface area (Å²) < 4.78 is 5.46. The molecule has 1 aliphatic rings. The van der Waals surface area contributed by atoms with E-state index in [4.69, 9.17) is 4.74 Å². The van der Waals surface area contributed by atoms with Gasteiger partial charge in [0.1, 0.15) is 0 Å². The second kappa shape index (κ2) is 7.62. The summed E-state index contributed by atoms with van der Waals surface area (Å²) in [5.74, 6) is -1.27. The van der Waals surface area contributed by atoms with Crippen molar-refractivity contribution in [3.63, 3.8) is 0 Å². The Hall–Kier alpha value is -1.10. The fourth-order valence-electron chi connectivity index (χ4n) is 2.90. The normalized spacial score (nSPS) is 27.1. The molecule has 1 N–H and O–H groups in total. The van der Waals surface area contributed by atoms with Crippen LogP contribution in [0.1, 0.15) is 47.0 Å². The fraction of sp³-hybridized carbons (Fsp3) is 0.867. The smallest absolute Gasteiger partial charge is 0.308 e. The average Bonchev–Trinajstić information content (AvgIpc) is 2.30. The molecule has 0 saturated carbocycles. The lowest BCUT2D eigenvalue weighted by atomic mass is 9.81. The first-order chi connectivity index (χ1) is 9.34. The third-order valence-corrected chi connectivity index (χ3v) is 3.97. The van der Waals surface area contributed by atoms with Crippen molar-refractivity contribution in [1.29, 1.82) is 0 Å². The van der Waals surface area contributed by atoms with Gasteiger partial charge in [0, 0.05) is 25.6 Å². The standard InChI is InChI=1S/C15H27NO4/c1-10(2)20-8-6-5-7-16-12(4)14(15(18)19)11(3)9-13(16)17/h10-12,14H,5-9H2,1-4H3,(H,18,19). The zero-order valence-corrected chi connectivity index (χ0v) is 13.0. The minimum atomic E-state index is -0.800. The molecule has 3 atom stereocenters. The predicted molar refractivity (Wildman–Crippen MR) is 76.4 cm³/mol. The highest BCUT2D eigenvalue weighted by molar-refractivity contribution is 5.81. The maximum absolute atomic E-state index is 12.1. The zero-order chi connectivity index (χ0) is 15.3. The van der Waals surface area contributed by atoms with Crippen LogP contribution in [0.2, 0.25) is 0 Å². The first kappa shape index (κ1) is 17.0. The van der Waals surface area contributed by atoms with E-state index in [0.29, 0.717) is 19.6 Å². The number of carboxylic acid groups (broad SMARTS) is 1. The molecule has 0 aliphatic carbocycles. The Balaban J connectivity index is 2.47. The molecule has 3 unspecified atom stereocenters. The number of carboxylic acids is 1. The van der Waals surface area contributed by atoms with Gasteiger partial charge in [0.15, 0.2) is 0 Å². The molecule has 0 radical (unpaired) electrons. The maximum Gasteiger partial charge on any atom is 0.308 e. The summed E-state index contributed by atoms with van der Waals surface area (Å²) in [5.41, 5.74) is 0. The number of carbonyl (C=O) groups is 2. The molecular weight excluding hydrogens is 258 g/mol. The van der Waals surface area contributed by atoms with Crippen molar-refractivity contribution in [3.05, 3.63) is 0 Å². The van der Waals surface area contributed by atoms with Crippen LogP contribution in [0.15, 0.2) is 0 Å². The molecule has 0 aromatic rings. The Kier molecular flexibility index (Phi) is 6.46. The molecule has 0 spiro atoms. The number of amides is 1. The molecule has 1 heterocycles. The van der Waals surface area contributed by atoms with Crippen LogP contribution in [0, 0.1) is 11.8 Å². The summed E-state index contributed by atoms with van der Waals surface area (Å²) in [5, 5.41) is 9.30. The van der Waals surface area contributed by atoms with Crippen LogP contribution >= 0.6 is 0 Å². The van der Waals surface area contributed by atoms with Gasteiger partial charge in [0.25, 0.3) is 0 Å². The van der Waals surface area contributed by atoms with Crippen molar-refractivity contribution >= 4 is 11.9 Å². The van der Waals surface area contributed by atoms with Gasteiger partial charge in [-0.3, -0.25) is 9.59 Å². The first-order valence-electron chi connectivity index (χ1n) is 7.48. The topological polar surface area (TPSA) is 66.8 Å². The van der Waals surface area contributed by atoms with Crippen LogP contribution in [0.25, 0.3) is 0 Å². The van der Waals surface area contributed by atoms with Crippen molar-refractivity contribution in [3.8, 4) is 0 Å². The van der Waals surface area contributed by atoms with E-state index in [9.17, 15) is 14.7 Å². The molecular formula is C15H27NO4. The Morgan fingerprint density at radius 2 is 2.05 bits per heavy atom. The highest BCUT2D eigenvalue weighted by atomic mass is 16.5. The number of piperidine rings is 1. The van der Waals surface area contributed by atoms with Crippen molar-refractivity contribution in [1.82, 2.24) is 4.90 Å². The molecule has 1 saturated heterocycles. The summed E-state index contributed by atoms with van der Waals surface area (Å²) >= 11 is 0. The van der Waals surface area contributed by atoms with Crippen LogP contribution in [0.4, 0.5) is 0 Å². The lowest BCUT2D eigenvalue weighted by Crippen LogP contribution is -2.52. The fourth-order valence-corrected chi connectivity index (χ4v) is 2.90. The Morgan fingerprint density at radius 1 is 1.40 bits per heavy atom. The van der Waals surface area contributed by atoms with E-state index in [1.165, 1.54) is 0 Å². The lowest BCUT2D eigenvalue weighted by Gasteiger charge is -2.40. The molecule has 0 aromatic carbocycles. The number of carbonyl (C=O) groups excluding carboxylic acids is 1. The number of nitrogens with zero attached hydrogens (tertiary/aromatic N) is 1. The summed E-state index contributed by atoms with van der Waals surface area (Å²) in [6, 6.07) is -0.227. The van der Waals surface area contributed by atoms with Crippen molar-refractivity contribution in [2.75, 3.05) is 13.2 Å². The third-order valence-electron chi connectivity index (χ3n) is 3.97. The van der Waals surface area contributed by atoms with Crippen molar-refractivity contribution in [2.45, 2.75) is 59.1 Å². The number of ether oxygens (including phenoxy) is 1. The lowest BCUT2D eigenvalue weighted by molar-refractivity contribution is -0.154. The van der Waals surface area contributed by atoms with Crippen molar-refractivity contribution < 1.29 is 19.4 Å². The monoisotopic (exact) mass is 285 g/mol. The zero-order valence-electron chi connectivity index (χ0n) is 13.0. The minimum Gasteiger partial charge on any atom is -0.481 e. The minimum absolute atomic E-state index is 0.0762. The molecule has 1 fully saturated rings. The SMILES string of the molecule is CC(C)OCCCCN1C(=O)CC(C)C(C(=O)O)C1C. The Morgan fingerprint density at radius 3 is 2.60 bits per heavy atom. The van der Waals surface area contributed by atoms with Gasteiger partial charge in [-0.1, -0.05) is 6.92 Å². The number of hydrogen-bond acceptors (Lipinski definition) is 3. The first-order valence-corrected chi connectivity index (χ1v) is 7.48. The molecule has 1 aliphatic heterocycles. The Labute approximate surface area is 121 Å². The van der Waals surface area contributed by atoms with Gasteiger partial charge < -0.3 is 14.7 Å². The molecule has 1 rings (SSSR count). The van der Waals surface area contributed by atoms with E-state index >= 15 is 0 Å². The van der Waals surface area contributed by atoms with E-state index in [-0.39, 0.29) is 24.0 Å². The third kappa shape index (κ3) is 4.47. The molecule has 5 nitrogen and oxygen atoms in total. The van der Waals surface area contributed by atoms with Gasteiger partial charge in [-0.2, -0.15) is 0 Å². The molecule has 1 amide bonds. The number of rotatable bonds is 7. The highest BCUT2D eigenvalue weighted by Gasteiger charge is 2.41. The highest BCUT2D eigenvalue weighted by Crippen LogP contribution is 2.30. The van der Waals surface area contributed by atoms with Crippen LogP contribution in [0.3, 0.4) is 0 Å². The van der Waals surface area contributed by atoms with E-state index in [1.54, 1.807) is 4.90 Å². The Bertz CT molecular complexity index is 343. The van der Waals surface area contributed by atoms with Gasteiger partial charge in [0.2, 0.25) is 5.91 Å². The number of unbranched alkanes of at least 4 members (excludes halogenated alkanes) is 1. The van der Waals surface area contributed by atoms with E-state index in [0.717, 1.165) is 12.8 Å². The molecule has 5 heteroatoms. The van der Waals surface area contributed by atoms with Gasteiger partial charge >= 0.3 is 5.97 Å². The van der Waals surface area contributed by atoms with Crippen molar-refractivity contribution in [2.24, 2.45) is 11.8 Å². The van der Waals surface area contributed by atoms with Gasteiger partial charge in [-0.15, -0.1) is 0 Å². The van der Waals surface area contributed by atoms with E-state index < -0.39 is 11.9 Å². The van der Waals surface area contributed by atoms with Crippen LogP contribution in [-0.2, 0) is 14.3 Å². The molecule has 116 valence electrons.